The quantitative estimate of drug-likeness (QED) is 0.374. The smallest absolute Gasteiger partial charge is 0.218 e. The minimum Gasteiger partial charge on any atom is -0.475 e. The van der Waals surface area contributed by atoms with Crippen LogP contribution in [0.2, 0.25) is 0 Å². The summed E-state index contributed by atoms with van der Waals surface area (Å²) in [4.78, 5) is 11.3. The van der Waals surface area contributed by atoms with Crippen molar-refractivity contribution in [3.05, 3.63) is 41.3 Å². The maximum absolute atomic E-state index is 5.72. The monoisotopic (exact) mass is 402 g/mol. The van der Waals surface area contributed by atoms with Crippen molar-refractivity contribution in [2.24, 2.45) is 12.0 Å². The highest BCUT2D eigenvalue weighted by molar-refractivity contribution is 5.79. The number of ether oxygens (including phenoxy) is 2. The fourth-order valence-electron chi connectivity index (χ4n) is 3.02. The molecule has 29 heavy (non-hydrogen) atoms. The van der Waals surface area contributed by atoms with Crippen molar-refractivity contribution in [1.82, 2.24) is 25.0 Å². The van der Waals surface area contributed by atoms with Gasteiger partial charge in [0.15, 0.2) is 5.96 Å². The van der Waals surface area contributed by atoms with Crippen LogP contribution in [0.5, 0.6) is 5.88 Å². The van der Waals surface area contributed by atoms with Crippen LogP contribution in [0, 0.1) is 0 Å². The topological polar surface area (TPSA) is 76.8 Å². The Kier molecular flexibility index (Phi) is 8.92. The Balaban J connectivity index is 2.14. The number of nitrogens with one attached hydrogen (secondary N) is 1. The van der Waals surface area contributed by atoms with E-state index in [0.29, 0.717) is 31.6 Å². The second-order valence-electron chi connectivity index (χ2n) is 7.20. The van der Waals surface area contributed by atoms with E-state index in [9.17, 15) is 0 Å². The van der Waals surface area contributed by atoms with Crippen molar-refractivity contribution < 1.29 is 9.47 Å². The number of methoxy groups -OCH3 is 1. The van der Waals surface area contributed by atoms with Crippen LogP contribution in [0.15, 0.2) is 29.5 Å². The first kappa shape index (κ1) is 22.7. The van der Waals surface area contributed by atoms with Gasteiger partial charge in [-0.2, -0.15) is 5.10 Å². The zero-order valence-electron chi connectivity index (χ0n) is 18.5. The molecule has 2 aromatic rings. The molecule has 0 bridgehead atoms. The summed E-state index contributed by atoms with van der Waals surface area (Å²) in [7, 11) is 5.65. The third-order valence-corrected chi connectivity index (χ3v) is 4.36. The van der Waals surface area contributed by atoms with Gasteiger partial charge in [0.2, 0.25) is 5.88 Å². The summed E-state index contributed by atoms with van der Waals surface area (Å²) in [5.74, 6) is 1.81. The number of hydrogen-bond donors (Lipinski definition) is 1. The van der Waals surface area contributed by atoms with E-state index in [2.05, 4.69) is 47.3 Å². The Morgan fingerprint density at radius 1 is 1.31 bits per heavy atom. The van der Waals surface area contributed by atoms with E-state index in [4.69, 9.17) is 14.5 Å². The van der Waals surface area contributed by atoms with E-state index in [1.807, 2.05) is 30.9 Å². The van der Waals surface area contributed by atoms with Crippen molar-refractivity contribution in [3.8, 4) is 5.88 Å². The minimum atomic E-state index is 0.376. The van der Waals surface area contributed by atoms with E-state index in [-0.39, 0.29) is 0 Å². The van der Waals surface area contributed by atoms with Gasteiger partial charge in [-0.05, 0) is 18.9 Å². The van der Waals surface area contributed by atoms with Gasteiger partial charge in [0.25, 0.3) is 0 Å². The minimum absolute atomic E-state index is 0.376. The molecule has 0 aliphatic carbocycles. The molecule has 0 aromatic carbocycles. The van der Waals surface area contributed by atoms with Crippen LogP contribution in [0.1, 0.15) is 43.5 Å². The van der Waals surface area contributed by atoms with Gasteiger partial charge in [-0.1, -0.05) is 19.9 Å². The molecule has 8 heteroatoms. The highest BCUT2D eigenvalue weighted by Crippen LogP contribution is 2.19. The molecule has 2 rings (SSSR count). The van der Waals surface area contributed by atoms with Crippen molar-refractivity contribution in [1.29, 1.82) is 0 Å². The average Bonchev–Trinajstić information content (AvgIpc) is 3.06. The van der Waals surface area contributed by atoms with Gasteiger partial charge in [-0.3, -0.25) is 4.68 Å². The molecule has 0 saturated carbocycles. The standard InChI is InChI=1S/C21H34N6O2/c1-7-22-21(26(4)14-18-15-27(5)25-19(18)16(2)3)24-13-17-9-8-10-23-20(17)29-12-11-28-6/h8-10,15-16H,7,11-14H2,1-6H3,(H,22,24). The Morgan fingerprint density at radius 2 is 2.10 bits per heavy atom. The number of aryl methyl sites for hydroxylation is 1. The Labute approximate surface area is 173 Å². The lowest BCUT2D eigenvalue weighted by Crippen LogP contribution is -2.38. The SMILES string of the molecule is CCNC(=NCc1cccnc1OCCOC)N(C)Cc1cn(C)nc1C(C)C. The molecule has 2 aromatic heterocycles. The predicted octanol–water partition coefficient (Wildman–Crippen LogP) is 2.56. The van der Waals surface area contributed by atoms with Crippen LogP contribution in [0.25, 0.3) is 0 Å². The molecule has 0 aliphatic heterocycles. The number of hydrogen-bond acceptors (Lipinski definition) is 5. The molecular weight excluding hydrogens is 368 g/mol. The van der Waals surface area contributed by atoms with Crippen LogP contribution >= 0.6 is 0 Å². The lowest BCUT2D eigenvalue weighted by atomic mass is 10.1. The van der Waals surface area contributed by atoms with Crippen molar-refractivity contribution in [3.63, 3.8) is 0 Å². The first-order chi connectivity index (χ1) is 14.0. The second kappa shape index (κ2) is 11.4. The average molecular weight is 403 g/mol. The van der Waals surface area contributed by atoms with Crippen LogP contribution < -0.4 is 10.1 Å². The van der Waals surface area contributed by atoms with E-state index < -0.39 is 0 Å². The maximum atomic E-state index is 5.72. The molecule has 0 aliphatic rings. The van der Waals surface area contributed by atoms with E-state index in [1.54, 1.807) is 13.3 Å². The predicted molar refractivity (Wildman–Crippen MR) is 115 cm³/mol. The fourth-order valence-corrected chi connectivity index (χ4v) is 3.02. The number of guanidine groups is 1. The van der Waals surface area contributed by atoms with E-state index in [1.165, 1.54) is 5.56 Å². The summed E-state index contributed by atoms with van der Waals surface area (Å²) in [5, 5.41) is 7.97. The number of aromatic nitrogens is 3. The third-order valence-electron chi connectivity index (χ3n) is 4.36. The first-order valence-electron chi connectivity index (χ1n) is 10.0. The Morgan fingerprint density at radius 3 is 2.79 bits per heavy atom. The maximum Gasteiger partial charge on any atom is 0.218 e. The molecule has 0 amide bonds. The molecule has 160 valence electrons. The molecule has 0 fully saturated rings. The number of nitrogens with zero attached hydrogens (tertiary/aromatic N) is 5. The third kappa shape index (κ3) is 6.74. The molecule has 0 saturated heterocycles. The molecule has 0 spiro atoms. The molecule has 0 radical (unpaired) electrons. The van der Waals surface area contributed by atoms with Crippen LogP contribution in [-0.4, -0.2) is 59.5 Å². The van der Waals surface area contributed by atoms with E-state index in [0.717, 1.165) is 30.3 Å². The molecule has 1 N–H and O–H groups in total. The van der Waals surface area contributed by atoms with Crippen molar-refractivity contribution in [2.75, 3.05) is 33.9 Å². The van der Waals surface area contributed by atoms with Crippen molar-refractivity contribution in [2.45, 2.75) is 39.8 Å². The number of aliphatic imine (C=N–C) groups is 1. The second-order valence-corrected chi connectivity index (χ2v) is 7.20. The molecule has 8 nitrogen and oxygen atoms in total. The van der Waals surface area contributed by atoms with Crippen molar-refractivity contribution >= 4 is 5.96 Å². The highest BCUT2D eigenvalue weighted by Gasteiger charge is 2.15. The summed E-state index contributed by atoms with van der Waals surface area (Å²) < 4.78 is 12.6. The highest BCUT2D eigenvalue weighted by atomic mass is 16.5. The Hall–Kier alpha value is -2.61. The zero-order chi connectivity index (χ0) is 21.2. The van der Waals surface area contributed by atoms with Gasteiger partial charge >= 0.3 is 0 Å². The summed E-state index contributed by atoms with van der Waals surface area (Å²) >= 11 is 0. The zero-order valence-corrected chi connectivity index (χ0v) is 18.5. The first-order valence-corrected chi connectivity index (χ1v) is 10.0. The molecule has 0 unspecified atom stereocenters. The van der Waals surface area contributed by atoms with Gasteiger partial charge < -0.3 is 19.7 Å². The largest absolute Gasteiger partial charge is 0.475 e. The Bertz CT molecular complexity index is 787. The molecule has 2 heterocycles. The van der Waals surface area contributed by atoms with Gasteiger partial charge in [0, 0.05) is 57.8 Å². The van der Waals surface area contributed by atoms with Gasteiger partial charge in [0.1, 0.15) is 6.61 Å². The summed E-state index contributed by atoms with van der Waals surface area (Å²) in [6.45, 7) is 9.38. The molecular formula is C21H34N6O2. The van der Waals surface area contributed by atoms with Gasteiger partial charge in [-0.25, -0.2) is 9.98 Å². The summed E-state index contributed by atoms with van der Waals surface area (Å²) in [5.41, 5.74) is 3.27. The normalized spacial score (nSPS) is 11.8. The van der Waals surface area contributed by atoms with Crippen LogP contribution in [0.4, 0.5) is 0 Å². The fraction of sp³-hybridized carbons (Fsp3) is 0.571. The van der Waals surface area contributed by atoms with Crippen LogP contribution in [-0.2, 0) is 24.9 Å². The lowest BCUT2D eigenvalue weighted by molar-refractivity contribution is 0.143. The van der Waals surface area contributed by atoms with Crippen LogP contribution in [0.3, 0.4) is 0 Å². The summed E-state index contributed by atoms with van der Waals surface area (Å²) in [6.07, 6.45) is 3.81. The lowest BCUT2D eigenvalue weighted by Gasteiger charge is -2.22. The molecule has 0 atom stereocenters. The van der Waals surface area contributed by atoms with E-state index >= 15 is 0 Å². The number of rotatable bonds is 10. The van der Waals surface area contributed by atoms with Gasteiger partial charge in [0.05, 0.1) is 18.8 Å². The van der Waals surface area contributed by atoms with Gasteiger partial charge in [-0.15, -0.1) is 0 Å². The number of pyridine rings is 1. The summed E-state index contributed by atoms with van der Waals surface area (Å²) in [6, 6.07) is 3.88.